The molecule has 0 unspecified atom stereocenters. The lowest BCUT2D eigenvalue weighted by Crippen LogP contribution is -1.90. The Morgan fingerprint density at radius 1 is 1.09 bits per heavy atom. The second-order valence-corrected chi connectivity index (χ2v) is 5.71. The highest BCUT2D eigenvalue weighted by molar-refractivity contribution is 7.12. The number of nitrogens with zero attached hydrogens (tertiary/aromatic N) is 3. The van der Waals surface area contributed by atoms with E-state index < -0.39 is 0 Å². The van der Waals surface area contributed by atoms with Crippen LogP contribution < -0.4 is 4.74 Å². The molecule has 5 heteroatoms. The molecular formula is C17H13N3OS. The van der Waals surface area contributed by atoms with Gasteiger partial charge in [-0.25, -0.2) is 9.97 Å². The maximum absolute atomic E-state index is 5.32. The van der Waals surface area contributed by atoms with Crippen LogP contribution in [0, 0.1) is 0 Å². The zero-order valence-electron chi connectivity index (χ0n) is 11.9. The summed E-state index contributed by atoms with van der Waals surface area (Å²) in [5, 5.41) is 2.89. The van der Waals surface area contributed by atoms with Gasteiger partial charge in [0.1, 0.15) is 12.1 Å². The van der Waals surface area contributed by atoms with E-state index in [1.165, 1.54) is 0 Å². The minimum atomic E-state index is 0.842. The van der Waals surface area contributed by atoms with E-state index in [-0.39, 0.29) is 0 Å². The second kappa shape index (κ2) is 5.27. The van der Waals surface area contributed by atoms with Crippen LogP contribution in [0.25, 0.3) is 27.3 Å². The zero-order valence-corrected chi connectivity index (χ0v) is 12.7. The fourth-order valence-corrected chi connectivity index (χ4v) is 3.17. The Hall–Kier alpha value is -2.66. The molecule has 0 aliphatic rings. The summed E-state index contributed by atoms with van der Waals surface area (Å²) in [4.78, 5) is 8.96. The van der Waals surface area contributed by atoms with Gasteiger partial charge in [0.15, 0.2) is 5.13 Å². The number of imidazole rings is 1. The van der Waals surface area contributed by atoms with Crippen LogP contribution >= 0.6 is 11.3 Å². The highest BCUT2D eigenvalue weighted by atomic mass is 32.1. The zero-order chi connectivity index (χ0) is 14.9. The van der Waals surface area contributed by atoms with Crippen LogP contribution in [0.4, 0.5) is 0 Å². The minimum absolute atomic E-state index is 0.842. The highest BCUT2D eigenvalue weighted by Crippen LogP contribution is 2.31. The van der Waals surface area contributed by atoms with E-state index in [0.717, 1.165) is 33.0 Å². The Morgan fingerprint density at radius 3 is 2.82 bits per heavy atom. The van der Waals surface area contributed by atoms with Gasteiger partial charge in [0.2, 0.25) is 0 Å². The first kappa shape index (κ1) is 13.0. The molecule has 4 rings (SSSR count). The number of hydrogen-bond donors (Lipinski definition) is 0. The Kier molecular flexibility index (Phi) is 3.12. The number of hydrogen-bond acceptors (Lipinski definition) is 4. The van der Waals surface area contributed by atoms with Crippen LogP contribution in [0.2, 0.25) is 0 Å². The van der Waals surface area contributed by atoms with Gasteiger partial charge in [-0.2, -0.15) is 0 Å². The average Bonchev–Trinajstić information content (AvgIpc) is 3.23. The molecule has 0 saturated heterocycles. The van der Waals surface area contributed by atoms with Gasteiger partial charge in [-0.15, -0.1) is 11.3 Å². The maximum Gasteiger partial charge on any atom is 0.195 e. The number of para-hydroxylation sites is 1. The van der Waals surface area contributed by atoms with Crippen molar-refractivity contribution in [3.8, 4) is 22.0 Å². The molecule has 0 atom stereocenters. The second-order valence-electron chi connectivity index (χ2n) is 4.83. The Balaban J connectivity index is 1.92. The Morgan fingerprint density at radius 2 is 2.00 bits per heavy atom. The smallest absolute Gasteiger partial charge is 0.195 e. The highest BCUT2D eigenvalue weighted by Gasteiger charge is 2.11. The van der Waals surface area contributed by atoms with Gasteiger partial charge in [0, 0.05) is 17.1 Å². The molecule has 0 radical (unpaired) electrons. The predicted molar refractivity (Wildman–Crippen MR) is 88.7 cm³/mol. The lowest BCUT2D eigenvalue weighted by molar-refractivity contribution is 0.415. The molecule has 0 N–H and O–H groups in total. The number of rotatable bonds is 3. The summed E-state index contributed by atoms with van der Waals surface area (Å²) in [7, 11) is 1.68. The largest absolute Gasteiger partial charge is 0.497 e. The topological polar surface area (TPSA) is 39.9 Å². The van der Waals surface area contributed by atoms with E-state index in [2.05, 4.69) is 28.2 Å². The lowest BCUT2D eigenvalue weighted by Gasteiger charge is -2.06. The van der Waals surface area contributed by atoms with E-state index in [1.807, 2.05) is 40.5 Å². The van der Waals surface area contributed by atoms with Gasteiger partial charge in [-0.1, -0.05) is 24.3 Å². The molecule has 0 saturated carbocycles. The lowest BCUT2D eigenvalue weighted by atomic mass is 10.0. The number of aromatic nitrogens is 3. The van der Waals surface area contributed by atoms with E-state index in [1.54, 1.807) is 24.6 Å². The van der Waals surface area contributed by atoms with Crippen LogP contribution in [-0.2, 0) is 0 Å². The summed E-state index contributed by atoms with van der Waals surface area (Å²) in [6.07, 6.45) is 3.63. The number of thiazole rings is 1. The number of ether oxygens (including phenoxy) is 1. The van der Waals surface area contributed by atoms with Crippen molar-refractivity contribution in [3.05, 3.63) is 60.4 Å². The molecule has 0 spiro atoms. The third kappa shape index (κ3) is 2.07. The SMILES string of the molecule is COc1cccc(-c2cccc3c2ncn3-c2nccs2)c1. The van der Waals surface area contributed by atoms with Crippen molar-refractivity contribution in [1.29, 1.82) is 0 Å². The standard InChI is InChI=1S/C17H13N3OS/c1-21-13-5-2-4-12(10-13)14-6-3-7-15-16(14)19-11-20(15)17-18-8-9-22-17/h2-11H,1H3. The van der Waals surface area contributed by atoms with Crippen molar-refractivity contribution in [2.45, 2.75) is 0 Å². The Labute approximate surface area is 131 Å². The molecule has 2 aromatic carbocycles. The molecule has 2 aromatic heterocycles. The molecule has 108 valence electrons. The summed E-state index contributed by atoms with van der Waals surface area (Å²) in [5.74, 6) is 0.842. The third-order valence-electron chi connectivity index (χ3n) is 3.58. The van der Waals surface area contributed by atoms with Gasteiger partial charge >= 0.3 is 0 Å². The molecule has 4 nitrogen and oxygen atoms in total. The molecule has 0 amide bonds. The first-order valence-corrected chi connectivity index (χ1v) is 7.75. The van der Waals surface area contributed by atoms with Crippen molar-refractivity contribution in [2.75, 3.05) is 7.11 Å². The molecule has 0 fully saturated rings. The first-order valence-electron chi connectivity index (χ1n) is 6.87. The fraction of sp³-hybridized carbons (Fsp3) is 0.0588. The minimum Gasteiger partial charge on any atom is -0.497 e. The van der Waals surface area contributed by atoms with Gasteiger partial charge in [-0.05, 0) is 23.8 Å². The molecule has 0 bridgehead atoms. The summed E-state index contributed by atoms with van der Waals surface area (Å²) >= 11 is 1.60. The van der Waals surface area contributed by atoms with E-state index in [4.69, 9.17) is 4.74 Å². The number of fused-ring (bicyclic) bond motifs is 1. The molecule has 2 heterocycles. The van der Waals surface area contributed by atoms with Crippen LogP contribution in [0.5, 0.6) is 5.75 Å². The summed E-state index contributed by atoms with van der Waals surface area (Å²) in [6.45, 7) is 0. The van der Waals surface area contributed by atoms with Gasteiger partial charge in [0.25, 0.3) is 0 Å². The molecule has 0 aliphatic carbocycles. The van der Waals surface area contributed by atoms with Crippen molar-refractivity contribution in [2.24, 2.45) is 0 Å². The Bertz CT molecular complexity index is 928. The van der Waals surface area contributed by atoms with Crippen LogP contribution in [-0.4, -0.2) is 21.6 Å². The van der Waals surface area contributed by atoms with Gasteiger partial charge in [0.05, 0.1) is 18.1 Å². The summed E-state index contributed by atoms with van der Waals surface area (Å²) < 4.78 is 7.34. The molecule has 0 aliphatic heterocycles. The molecule has 22 heavy (non-hydrogen) atoms. The van der Waals surface area contributed by atoms with Crippen molar-refractivity contribution in [3.63, 3.8) is 0 Å². The van der Waals surface area contributed by atoms with E-state index in [0.29, 0.717) is 0 Å². The third-order valence-corrected chi connectivity index (χ3v) is 4.35. The monoisotopic (exact) mass is 307 g/mol. The fourth-order valence-electron chi connectivity index (χ4n) is 2.55. The number of methoxy groups -OCH3 is 1. The summed E-state index contributed by atoms with van der Waals surface area (Å²) in [5.41, 5.74) is 4.20. The molecule has 4 aromatic rings. The van der Waals surface area contributed by atoms with Crippen molar-refractivity contribution in [1.82, 2.24) is 14.5 Å². The average molecular weight is 307 g/mol. The van der Waals surface area contributed by atoms with Crippen LogP contribution in [0.15, 0.2) is 60.4 Å². The van der Waals surface area contributed by atoms with Crippen LogP contribution in [0.3, 0.4) is 0 Å². The van der Waals surface area contributed by atoms with Crippen molar-refractivity contribution < 1.29 is 4.74 Å². The first-order chi connectivity index (χ1) is 10.9. The van der Waals surface area contributed by atoms with Gasteiger partial charge in [-0.3, -0.25) is 4.57 Å². The molecular weight excluding hydrogens is 294 g/mol. The van der Waals surface area contributed by atoms with E-state index >= 15 is 0 Å². The van der Waals surface area contributed by atoms with Gasteiger partial charge < -0.3 is 4.74 Å². The van der Waals surface area contributed by atoms with Crippen molar-refractivity contribution >= 4 is 22.4 Å². The van der Waals surface area contributed by atoms with Crippen LogP contribution in [0.1, 0.15) is 0 Å². The summed E-state index contributed by atoms with van der Waals surface area (Å²) in [6, 6.07) is 14.2. The normalized spacial score (nSPS) is 11.0. The predicted octanol–water partition coefficient (Wildman–Crippen LogP) is 4.16. The van der Waals surface area contributed by atoms with E-state index in [9.17, 15) is 0 Å². The number of benzene rings is 2. The maximum atomic E-state index is 5.32. The quantitative estimate of drug-likeness (QED) is 0.570.